The third kappa shape index (κ3) is 6.69. The molecule has 0 aromatic rings. The second-order valence-corrected chi connectivity index (χ2v) is 11.1. The molecule has 4 fully saturated rings. The van der Waals surface area contributed by atoms with Crippen LogP contribution >= 0.6 is 0 Å². The maximum atomic E-state index is 15.0. The highest BCUT2D eigenvalue weighted by Gasteiger charge is 2.58. The van der Waals surface area contributed by atoms with Gasteiger partial charge in [0.1, 0.15) is 0 Å². The van der Waals surface area contributed by atoms with Crippen LogP contribution in [0.2, 0.25) is 0 Å². The zero-order valence-corrected chi connectivity index (χ0v) is 21.8. The van der Waals surface area contributed by atoms with E-state index in [4.69, 9.17) is 23.7 Å². The molecule has 5 unspecified atom stereocenters. The molecule has 0 amide bonds. The zero-order valence-electron chi connectivity index (χ0n) is 21.8. The first-order chi connectivity index (χ1) is 17.6. The second kappa shape index (κ2) is 12.6. The van der Waals surface area contributed by atoms with Crippen LogP contribution in [0.5, 0.6) is 0 Å². The fraction of sp³-hybridized carbons (Fsp3) is 0.926. The fourth-order valence-corrected chi connectivity index (χ4v) is 6.07. The summed E-state index contributed by atoms with van der Waals surface area (Å²) < 4.78 is 87.6. The normalized spacial score (nSPS) is 39.5. The number of aliphatic hydroxyl groups excluding tert-OH is 1. The number of ether oxygens (including phenoxy) is 5. The average molecular weight is 539 g/mol. The van der Waals surface area contributed by atoms with Crippen molar-refractivity contribution in [2.45, 2.75) is 128 Å². The summed E-state index contributed by atoms with van der Waals surface area (Å²) in [5, 5.41) is 9.98. The number of fused-ring (bicyclic) bond motifs is 1. The van der Waals surface area contributed by atoms with Gasteiger partial charge in [-0.3, -0.25) is 0 Å². The van der Waals surface area contributed by atoms with Crippen LogP contribution < -0.4 is 0 Å². The van der Waals surface area contributed by atoms with Gasteiger partial charge in [0.25, 0.3) is 0 Å². The first-order valence-electron chi connectivity index (χ1n) is 13.9. The third-order valence-electron chi connectivity index (χ3n) is 8.46. The number of hydrogen-bond acceptors (Lipinski definition) is 6. The van der Waals surface area contributed by atoms with Gasteiger partial charge in [0, 0.05) is 31.5 Å². The van der Waals surface area contributed by atoms with E-state index in [0.29, 0.717) is 45.3 Å². The predicted octanol–water partition coefficient (Wildman–Crippen LogP) is 5.82. The number of rotatable bonds is 10. The minimum atomic E-state index is -4.52. The summed E-state index contributed by atoms with van der Waals surface area (Å²) in [6.45, 7) is 4.07. The number of halogens is 4. The summed E-state index contributed by atoms with van der Waals surface area (Å²) >= 11 is 0. The second-order valence-electron chi connectivity index (χ2n) is 11.1. The molecule has 10 atom stereocenters. The van der Waals surface area contributed by atoms with Crippen LogP contribution in [0.25, 0.3) is 0 Å². The lowest BCUT2D eigenvalue weighted by molar-refractivity contribution is -0.279. The van der Waals surface area contributed by atoms with Crippen molar-refractivity contribution in [3.05, 3.63) is 12.2 Å². The lowest BCUT2D eigenvalue weighted by Gasteiger charge is -2.40. The first-order valence-corrected chi connectivity index (χ1v) is 13.9. The van der Waals surface area contributed by atoms with Gasteiger partial charge in [-0.05, 0) is 51.9 Å². The molecule has 3 saturated heterocycles. The highest BCUT2D eigenvalue weighted by Crippen LogP contribution is 2.49. The van der Waals surface area contributed by atoms with E-state index in [1.165, 1.54) is 13.0 Å². The summed E-state index contributed by atoms with van der Waals surface area (Å²) in [5.41, 5.74) is -2.15. The SMILES string of the molecule is CCCCC(C)(C(/C=C/[C@H]1[C@H]2[C@@H](C[C@@H]1OC1CCCCO1)OC(O)[C@@H]2F)OC1CCCCO1)C(F)(F)F. The Morgan fingerprint density at radius 2 is 1.73 bits per heavy atom. The van der Waals surface area contributed by atoms with E-state index in [2.05, 4.69) is 0 Å². The molecule has 6 nitrogen and oxygen atoms in total. The average Bonchev–Trinajstić information content (AvgIpc) is 3.34. The van der Waals surface area contributed by atoms with Gasteiger partial charge in [-0.1, -0.05) is 31.9 Å². The van der Waals surface area contributed by atoms with Crippen LogP contribution in [0.3, 0.4) is 0 Å². The fourth-order valence-electron chi connectivity index (χ4n) is 6.07. The monoisotopic (exact) mass is 538 g/mol. The first kappa shape index (κ1) is 29.2. The van der Waals surface area contributed by atoms with Crippen LogP contribution in [0.4, 0.5) is 17.6 Å². The van der Waals surface area contributed by atoms with E-state index in [1.807, 2.05) is 6.92 Å². The van der Waals surface area contributed by atoms with Crippen LogP contribution in [-0.4, -0.2) is 67.9 Å². The van der Waals surface area contributed by atoms with E-state index in [0.717, 1.165) is 25.7 Å². The molecule has 4 aliphatic rings. The predicted molar refractivity (Wildman–Crippen MR) is 127 cm³/mol. The van der Waals surface area contributed by atoms with Crippen molar-refractivity contribution in [1.29, 1.82) is 0 Å². The summed E-state index contributed by atoms with van der Waals surface area (Å²) in [4.78, 5) is 0. The Labute approximate surface area is 217 Å². The molecule has 0 aromatic heterocycles. The molecule has 0 bridgehead atoms. The van der Waals surface area contributed by atoms with E-state index < -0.39 is 66.8 Å². The molecule has 3 heterocycles. The number of hydrogen-bond donors (Lipinski definition) is 1. The van der Waals surface area contributed by atoms with Crippen LogP contribution in [0, 0.1) is 17.3 Å². The number of unbranched alkanes of at least 4 members (excludes halogenated alkanes) is 1. The van der Waals surface area contributed by atoms with Crippen LogP contribution in [0.15, 0.2) is 12.2 Å². The lowest BCUT2D eigenvalue weighted by Crippen LogP contribution is -2.48. The highest BCUT2D eigenvalue weighted by atomic mass is 19.4. The Morgan fingerprint density at radius 3 is 2.32 bits per heavy atom. The van der Waals surface area contributed by atoms with Crippen molar-refractivity contribution < 1.29 is 46.4 Å². The highest BCUT2D eigenvalue weighted by molar-refractivity contribution is 5.12. The summed E-state index contributed by atoms with van der Waals surface area (Å²) in [5.74, 6) is -1.32. The van der Waals surface area contributed by atoms with Crippen molar-refractivity contribution in [2.24, 2.45) is 17.3 Å². The molecule has 1 aliphatic carbocycles. The number of alkyl halides is 4. The summed E-state index contributed by atoms with van der Waals surface area (Å²) in [6.07, 6.45) is -2.23. The minimum absolute atomic E-state index is 0.102. The van der Waals surface area contributed by atoms with Gasteiger partial charge in [-0.15, -0.1) is 0 Å². The maximum Gasteiger partial charge on any atom is 0.397 e. The van der Waals surface area contributed by atoms with Crippen molar-refractivity contribution >= 4 is 0 Å². The van der Waals surface area contributed by atoms with Crippen LogP contribution in [-0.2, 0) is 23.7 Å². The van der Waals surface area contributed by atoms with Gasteiger partial charge in [0.2, 0.25) is 0 Å². The van der Waals surface area contributed by atoms with Gasteiger partial charge in [-0.25, -0.2) is 4.39 Å². The Bertz CT molecular complexity index is 739. The van der Waals surface area contributed by atoms with E-state index in [9.17, 15) is 18.3 Å². The molecule has 0 spiro atoms. The van der Waals surface area contributed by atoms with E-state index in [1.54, 1.807) is 6.08 Å². The molecule has 3 aliphatic heterocycles. The molecule has 0 aromatic carbocycles. The quantitative estimate of drug-likeness (QED) is 0.280. The Morgan fingerprint density at radius 1 is 1.05 bits per heavy atom. The van der Waals surface area contributed by atoms with E-state index >= 15 is 4.39 Å². The Hall–Kier alpha value is -0.780. The Kier molecular flexibility index (Phi) is 9.94. The van der Waals surface area contributed by atoms with Gasteiger partial charge >= 0.3 is 6.18 Å². The van der Waals surface area contributed by atoms with Crippen molar-refractivity contribution in [3.8, 4) is 0 Å². The lowest BCUT2D eigenvalue weighted by atomic mass is 9.77. The van der Waals surface area contributed by atoms with Gasteiger partial charge < -0.3 is 28.8 Å². The van der Waals surface area contributed by atoms with Crippen molar-refractivity contribution in [2.75, 3.05) is 13.2 Å². The molecule has 1 saturated carbocycles. The topological polar surface area (TPSA) is 66.4 Å². The Balaban J connectivity index is 1.60. The van der Waals surface area contributed by atoms with Gasteiger partial charge in [0.15, 0.2) is 25.0 Å². The van der Waals surface area contributed by atoms with E-state index in [-0.39, 0.29) is 6.42 Å². The molecule has 4 rings (SSSR count). The third-order valence-corrected chi connectivity index (χ3v) is 8.46. The van der Waals surface area contributed by atoms with Crippen molar-refractivity contribution in [3.63, 3.8) is 0 Å². The maximum absolute atomic E-state index is 15.0. The molecule has 1 N–H and O–H groups in total. The minimum Gasteiger partial charge on any atom is -0.366 e. The smallest absolute Gasteiger partial charge is 0.366 e. The zero-order chi connectivity index (χ0) is 26.6. The number of aliphatic hydroxyl groups is 1. The standard InChI is InChI=1S/C27H42F4O6/c1-3-4-13-26(2,27(29,30)31)20(37-22-10-6-8-15-34-22)12-11-17-18(35-21-9-5-7-14-33-21)16-19-23(17)24(28)25(32)36-19/h11-12,17-25,32H,3-10,13-16H2,1-2H3/b12-11+/t17-,18+,19-,20?,21?,22?,23+,24-,25?,26?/m1/s1. The molecular formula is C27H42F4O6. The molecular weight excluding hydrogens is 496 g/mol. The van der Waals surface area contributed by atoms with Gasteiger partial charge in [0.05, 0.1) is 23.7 Å². The molecule has 10 heteroatoms. The van der Waals surface area contributed by atoms with Gasteiger partial charge in [-0.2, -0.15) is 13.2 Å². The van der Waals surface area contributed by atoms with Crippen molar-refractivity contribution in [1.82, 2.24) is 0 Å². The van der Waals surface area contributed by atoms with Crippen LogP contribution in [0.1, 0.15) is 78.1 Å². The summed E-state index contributed by atoms with van der Waals surface area (Å²) in [6, 6.07) is 0. The molecule has 0 radical (unpaired) electrons. The molecule has 37 heavy (non-hydrogen) atoms. The molecule has 214 valence electrons. The largest absolute Gasteiger partial charge is 0.397 e. The summed E-state index contributed by atoms with van der Waals surface area (Å²) in [7, 11) is 0.